The van der Waals surface area contributed by atoms with E-state index in [1.165, 1.54) is 11.1 Å². The van der Waals surface area contributed by atoms with Gasteiger partial charge in [-0.1, -0.05) is 6.07 Å². The zero-order chi connectivity index (χ0) is 13.5. The molecule has 0 aromatic heterocycles. The fraction of sp³-hybridized carbons (Fsp3) is 0.500. The quantitative estimate of drug-likeness (QED) is 0.862. The highest BCUT2D eigenvalue weighted by Crippen LogP contribution is 2.42. The Morgan fingerprint density at radius 3 is 3.05 bits per heavy atom. The molecule has 2 atom stereocenters. The van der Waals surface area contributed by atoms with E-state index in [4.69, 9.17) is 9.84 Å². The topological polar surface area (TPSA) is 58.6 Å². The van der Waals surface area contributed by atoms with E-state index in [0.29, 0.717) is 5.75 Å². The highest BCUT2D eigenvalue weighted by atomic mass is 32.2. The van der Waals surface area contributed by atoms with Crippen LogP contribution in [0, 0.1) is 0 Å². The van der Waals surface area contributed by atoms with Gasteiger partial charge in [0.05, 0.1) is 12.0 Å². The molecule has 1 aromatic carbocycles. The first-order valence-electron chi connectivity index (χ1n) is 6.42. The number of carboxylic acid groups (broad SMARTS) is 1. The van der Waals surface area contributed by atoms with Crippen LogP contribution in [0.25, 0.3) is 0 Å². The Labute approximate surface area is 116 Å². The van der Waals surface area contributed by atoms with Crippen LogP contribution in [-0.2, 0) is 17.6 Å². The molecule has 3 rings (SSSR count). The minimum atomic E-state index is -0.749. The zero-order valence-electron chi connectivity index (χ0n) is 10.8. The number of ether oxygens (including phenoxy) is 1. The third kappa shape index (κ3) is 2.32. The standard InChI is InChI=1S/C14H17NO3S/c1-18-11-3-2-9-4-5-14(7-10(9)6-11)15-12(8-19-14)13(16)17/h2-3,6,12,15H,4-5,7-8H2,1H3,(H,16,17)/t12-,14?/m1/s1. The van der Waals surface area contributed by atoms with E-state index in [-0.39, 0.29) is 4.87 Å². The Bertz CT molecular complexity index is 519. The second-order valence-electron chi connectivity index (χ2n) is 5.15. The summed E-state index contributed by atoms with van der Waals surface area (Å²) in [4.78, 5) is 11.0. The molecule has 19 heavy (non-hydrogen) atoms. The molecular weight excluding hydrogens is 262 g/mol. The molecule has 0 amide bonds. The predicted molar refractivity (Wildman–Crippen MR) is 74.8 cm³/mol. The third-order valence-electron chi connectivity index (χ3n) is 3.95. The number of rotatable bonds is 2. The zero-order valence-corrected chi connectivity index (χ0v) is 11.6. The summed E-state index contributed by atoms with van der Waals surface area (Å²) in [6.45, 7) is 0. The van der Waals surface area contributed by atoms with Gasteiger partial charge in [0.25, 0.3) is 0 Å². The number of aliphatic carboxylic acids is 1. The van der Waals surface area contributed by atoms with Gasteiger partial charge in [0.1, 0.15) is 11.8 Å². The highest BCUT2D eigenvalue weighted by molar-refractivity contribution is 8.01. The molecule has 102 valence electrons. The van der Waals surface area contributed by atoms with Gasteiger partial charge in [0.15, 0.2) is 0 Å². The second kappa shape index (κ2) is 4.72. The summed E-state index contributed by atoms with van der Waals surface area (Å²) in [6, 6.07) is 5.77. The maximum absolute atomic E-state index is 11.1. The van der Waals surface area contributed by atoms with Crippen molar-refractivity contribution in [1.82, 2.24) is 5.32 Å². The number of aryl methyl sites for hydroxylation is 1. The van der Waals surface area contributed by atoms with Gasteiger partial charge in [-0.25, -0.2) is 0 Å². The molecule has 0 bridgehead atoms. The van der Waals surface area contributed by atoms with Gasteiger partial charge in [-0.2, -0.15) is 0 Å². The van der Waals surface area contributed by atoms with Crippen molar-refractivity contribution in [3.05, 3.63) is 29.3 Å². The number of benzene rings is 1. The molecular formula is C14H17NO3S. The van der Waals surface area contributed by atoms with E-state index in [2.05, 4.69) is 17.4 Å². The van der Waals surface area contributed by atoms with Gasteiger partial charge >= 0.3 is 5.97 Å². The van der Waals surface area contributed by atoms with E-state index in [9.17, 15) is 4.79 Å². The molecule has 2 aliphatic rings. The molecule has 1 saturated heterocycles. The van der Waals surface area contributed by atoms with Crippen LogP contribution in [0.15, 0.2) is 18.2 Å². The number of carbonyl (C=O) groups is 1. The van der Waals surface area contributed by atoms with Gasteiger partial charge < -0.3 is 9.84 Å². The van der Waals surface area contributed by atoms with Crippen LogP contribution in [0.5, 0.6) is 5.75 Å². The minimum Gasteiger partial charge on any atom is -0.497 e. The Morgan fingerprint density at radius 2 is 2.37 bits per heavy atom. The largest absolute Gasteiger partial charge is 0.497 e. The molecule has 1 aliphatic heterocycles. The Balaban J connectivity index is 1.83. The van der Waals surface area contributed by atoms with Crippen molar-refractivity contribution in [2.24, 2.45) is 0 Å². The van der Waals surface area contributed by atoms with E-state index >= 15 is 0 Å². The molecule has 0 radical (unpaired) electrons. The SMILES string of the molecule is COc1ccc2c(c1)CC1(CC2)N[C@@H](C(=O)O)CS1. The van der Waals surface area contributed by atoms with Gasteiger partial charge in [-0.05, 0) is 36.1 Å². The molecule has 1 fully saturated rings. The van der Waals surface area contributed by atoms with Crippen molar-refractivity contribution >= 4 is 17.7 Å². The first-order chi connectivity index (χ1) is 9.12. The fourth-order valence-electron chi connectivity index (χ4n) is 2.89. The second-order valence-corrected chi connectivity index (χ2v) is 6.56. The first kappa shape index (κ1) is 12.8. The maximum Gasteiger partial charge on any atom is 0.321 e. The fourth-order valence-corrected chi connectivity index (χ4v) is 4.33. The van der Waals surface area contributed by atoms with Crippen LogP contribution in [0.1, 0.15) is 17.5 Å². The third-order valence-corrected chi connectivity index (χ3v) is 5.47. The average Bonchev–Trinajstić information content (AvgIpc) is 2.82. The Morgan fingerprint density at radius 1 is 1.53 bits per heavy atom. The molecule has 1 heterocycles. The first-order valence-corrected chi connectivity index (χ1v) is 7.41. The van der Waals surface area contributed by atoms with Crippen LogP contribution in [-0.4, -0.2) is 34.9 Å². The average molecular weight is 279 g/mol. The molecule has 1 aromatic rings. The molecule has 0 saturated carbocycles. The van der Waals surface area contributed by atoms with Crippen molar-refractivity contribution in [3.8, 4) is 5.75 Å². The van der Waals surface area contributed by atoms with Crippen LogP contribution in [0.2, 0.25) is 0 Å². The number of carboxylic acids is 1. The Kier molecular flexibility index (Phi) is 3.19. The summed E-state index contributed by atoms with van der Waals surface area (Å²) in [5.41, 5.74) is 2.63. The number of nitrogens with one attached hydrogen (secondary N) is 1. The Hall–Kier alpha value is -1.20. The monoisotopic (exact) mass is 279 g/mol. The summed E-state index contributed by atoms with van der Waals surface area (Å²) in [7, 11) is 1.67. The maximum atomic E-state index is 11.1. The number of fused-ring (bicyclic) bond motifs is 1. The molecule has 5 heteroatoms. The summed E-state index contributed by atoms with van der Waals surface area (Å²) < 4.78 is 5.27. The van der Waals surface area contributed by atoms with Crippen molar-refractivity contribution in [2.75, 3.05) is 12.9 Å². The van der Waals surface area contributed by atoms with E-state index in [1.807, 2.05) is 6.07 Å². The number of hydrogen-bond acceptors (Lipinski definition) is 4. The minimum absolute atomic E-state index is 0.109. The van der Waals surface area contributed by atoms with Crippen LogP contribution >= 0.6 is 11.8 Å². The van der Waals surface area contributed by atoms with Gasteiger partial charge in [-0.3, -0.25) is 10.1 Å². The van der Waals surface area contributed by atoms with Crippen molar-refractivity contribution in [2.45, 2.75) is 30.2 Å². The van der Waals surface area contributed by atoms with Gasteiger partial charge in [0.2, 0.25) is 0 Å². The molecule has 1 spiro atoms. The van der Waals surface area contributed by atoms with Crippen molar-refractivity contribution in [3.63, 3.8) is 0 Å². The molecule has 4 nitrogen and oxygen atoms in total. The summed E-state index contributed by atoms with van der Waals surface area (Å²) >= 11 is 1.75. The lowest BCUT2D eigenvalue weighted by Gasteiger charge is -2.34. The van der Waals surface area contributed by atoms with Crippen molar-refractivity contribution in [1.29, 1.82) is 0 Å². The number of hydrogen-bond donors (Lipinski definition) is 2. The number of thioether (sulfide) groups is 1. The van der Waals surface area contributed by atoms with Crippen LogP contribution < -0.4 is 10.1 Å². The van der Waals surface area contributed by atoms with E-state index in [1.54, 1.807) is 18.9 Å². The van der Waals surface area contributed by atoms with Crippen LogP contribution in [0.3, 0.4) is 0 Å². The molecule has 1 aliphatic carbocycles. The molecule has 1 unspecified atom stereocenters. The van der Waals surface area contributed by atoms with Crippen LogP contribution in [0.4, 0.5) is 0 Å². The number of methoxy groups -OCH3 is 1. The smallest absolute Gasteiger partial charge is 0.321 e. The van der Waals surface area contributed by atoms with E-state index < -0.39 is 12.0 Å². The lowest BCUT2D eigenvalue weighted by Crippen LogP contribution is -2.48. The lowest BCUT2D eigenvalue weighted by molar-refractivity contribution is -0.138. The van der Waals surface area contributed by atoms with Gasteiger partial charge in [0, 0.05) is 12.2 Å². The van der Waals surface area contributed by atoms with Crippen molar-refractivity contribution < 1.29 is 14.6 Å². The molecule has 2 N–H and O–H groups in total. The summed E-state index contributed by atoms with van der Waals surface area (Å²) in [5, 5.41) is 12.4. The highest BCUT2D eigenvalue weighted by Gasteiger charge is 2.43. The van der Waals surface area contributed by atoms with Gasteiger partial charge in [-0.15, -0.1) is 11.8 Å². The lowest BCUT2D eigenvalue weighted by atomic mass is 9.87. The van der Waals surface area contributed by atoms with E-state index in [0.717, 1.165) is 25.0 Å². The predicted octanol–water partition coefficient (Wildman–Crippen LogP) is 1.67. The summed E-state index contributed by atoms with van der Waals surface area (Å²) in [5.74, 6) is 0.767. The summed E-state index contributed by atoms with van der Waals surface area (Å²) in [6.07, 6.45) is 2.85. The normalized spacial score (nSPS) is 29.2.